The van der Waals surface area contributed by atoms with E-state index < -0.39 is 31.0 Å². The molecule has 4 atom stereocenters. The van der Waals surface area contributed by atoms with Gasteiger partial charge in [0, 0.05) is 24.2 Å². The molecular weight excluding hydrogens is 264 g/mol. The van der Waals surface area contributed by atoms with E-state index in [1.807, 2.05) is 6.07 Å². The third-order valence-electron chi connectivity index (χ3n) is 3.29. The first-order valence-electron chi connectivity index (χ1n) is 6.28. The Morgan fingerprint density at radius 1 is 1.10 bits per heavy atom. The summed E-state index contributed by atoms with van der Waals surface area (Å²) in [4.78, 5) is 7.05. The van der Waals surface area contributed by atoms with Crippen molar-refractivity contribution < 1.29 is 25.5 Å². The second kappa shape index (κ2) is 6.29. The second-order valence-electron chi connectivity index (χ2n) is 4.72. The Morgan fingerprint density at radius 2 is 1.80 bits per heavy atom. The van der Waals surface area contributed by atoms with Crippen LogP contribution in [0.2, 0.25) is 0 Å². The standard InChI is InChI=1S/C13H18N2O5/c16-6-10(18)12(20)11(19)9(17)4-7-5-15-13-8(7)2-1-3-14-13/h1-3,5,9-12,16-20H,4,6H2,(H,14,15)/t9-,10-,11-,12-/m1/s1. The summed E-state index contributed by atoms with van der Waals surface area (Å²) in [6, 6.07) is 3.58. The monoisotopic (exact) mass is 282 g/mol. The smallest absolute Gasteiger partial charge is 0.137 e. The molecule has 0 unspecified atom stereocenters. The lowest BCUT2D eigenvalue weighted by Crippen LogP contribution is -2.46. The van der Waals surface area contributed by atoms with Crippen molar-refractivity contribution in [3.63, 3.8) is 0 Å². The summed E-state index contributed by atoms with van der Waals surface area (Å²) in [6.45, 7) is -0.693. The van der Waals surface area contributed by atoms with E-state index >= 15 is 0 Å². The van der Waals surface area contributed by atoms with Gasteiger partial charge in [0.2, 0.25) is 0 Å². The van der Waals surface area contributed by atoms with Gasteiger partial charge in [0.05, 0.1) is 12.7 Å². The number of aliphatic hydroxyl groups excluding tert-OH is 5. The molecule has 0 aromatic carbocycles. The molecule has 7 nitrogen and oxygen atoms in total. The maximum atomic E-state index is 9.93. The van der Waals surface area contributed by atoms with Gasteiger partial charge in [0.1, 0.15) is 24.0 Å². The lowest BCUT2D eigenvalue weighted by molar-refractivity contribution is -0.114. The van der Waals surface area contributed by atoms with Crippen molar-refractivity contribution in [2.24, 2.45) is 0 Å². The predicted molar refractivity (Wildman–Crippen MR) is 70.9 cm³/mol. The maximum Gasteiger partial charge on any atom is 0.137 e. The summed E-state index contributed by atoms with van der Waals surface area (Å²) in [6.07, 6.45) is -2.55. The molecule has 7 heteroatoms. The molecule has 0 aliphatic carbocycles. The largest absolute Gasteiger partial charge is 0.394 e. The van der Waals surface area contributed by atoms with E-state index in [0.29, 0.717) is 5.65 Å². The van der Waals surface area contributed by atoms with Gasteiger partial charge in [-0.15, -0.1) is 0 Å². The molecule has 0 amide bonds. The summed E-state index contributed by atoms with van der Waals surface area (Å²) in [5.41, 5.74) is 1.41. The summed E-state index contributed by atoms with van der Waals surface area (Å²) in [5.74, 6) is 0. The number of pyridine rings is 1. The van der Waals surface area contributed by atoms with Gasteiger partial charge in [0.15, 0.2) is 0 Å². The molecule has 0 aliphatic rings. The lowest BCUT2D eigenvalue weighted by atomic mass is 9.98. The number of aliphatic hydroxyl groups is 5. The van der Waals surface area contributed by atoms with Gasteiger partial charge in [-0.1, -0.05) is 0 Å². The highest BCUT2D eigenvalue weighted by atomic mass is 16.4. The molecule has 2 aromatic heterocycles. The fourth-order valence-electron chi connectivity index (χ4n) is 2.09. The Bertz CT molecular complexity index is 558. The topological polar surface area (TPSA) is 130 Å². The van der Waals surface area contributed by atoms with E-state index in [4.69, 9.17) is 5.11 Å². The molecular formula is C13H18N2O5. The number of nitrogens with zero attached hydrogens (tertiary/aromatic N) is 1. The zero-order valence-electron chi connectivity index (χ0n) is 10.7. The number of hydrogen-bond acceptors (Lipinski definition) is 6. The van der Waals surface area contributed by atoms with Crippen LogP contribution < -0.4 is 0 Å². The maximum absolute atomic E-state index is 9.93. The van der Waals surface area contributed by atoms with Crippen LogP contribution in [0, 0.1) is 0 Å². The van der Waals surface area contributed by atoms with Crippen molar-refractivity contribution in [1.82, 2.24) is 9.97 Å². The lowest BCUT2D eigenvalue weighted by Gasteiger charge is -2.25. The van der Waals surface area contributed by atoms with Crippen LogP contribution in [0.1, 0.15) is 5.56 Å². The third-order valence-corrected chi connectivity index (χ3v) is 3.29. The molecule has 0 fully saturated rings. The molecule has 0 radical (unpaired) electrons. The van der Waals surface area contributed by atoms with Crippen LogP contribution in [-0.2, 0) is 6.42 Å². The molecule has 20 heavy (non-hydrogen) atoms. The third kappa shape index (κ3) is 2.97. The van der Waals surface area contributed by atoms with Gasteiger partial charge < -0.3 is 30.5 Å². The molecule has 6 N–H and O–H groups in total. The highest BCUT2D eigenvalue weighted by Crippen LogP contribution is 2.19. The number of fused-ring (bicyclic) bond motifs is 1. The minimum absolute atomic E-state index is 0.0854. The minimum atomic E-state index is -1.61. The fourth-order valence-corrected chi connectivity index (χ4v) is 2.09. The van der Waals surface area contributed by atoms with E-state index in [2.05, 4.69) is 9.97 Å². The number of H-pyrrole nitrogens is 1. The van der Waals surface area contributed by atoms with Crippen molar-refractivity contribution in [2.45, 2.75) is 30.8 Å². The molecule has 0 bridgehead atoms. The van der Waals surface area contributed by atoms with Crippen LogP contribution in [-0.4, -0.2) is 66.5 Å². The van der Waals surface area contributed by atoms with Crippen molar-refractivity contribution >= 4 is 11.0 Å². The first kappa shape index (κ1) is 14.9. The summed E-state index contributed by atoms with van der Waals surface area (Å²) < 4.78 is 0. The van der Waals surface area contributed by atoms with Crippen LogP contribution in [0.15, 0.2) is 24.5 Å². The Labute approximate surface area is 115 Å². The molecule has 0 saturated heterocycles. The number of hydrogen-bond donors (Lipinski definition) is 6. The minimum Gasteiger partial charge on any atom is -0.394 e. The van der Waals surface area contributed by atoms with Crippen LogP contribution >= 0.6 is 0 Å². The predicted octanol–water partition coefficient (Wildman–Crippen LogP) is -1.46. The van der Waals surface area contributed by atoms with Gasteiger partial charge in [-0.25, -0.2) is 4.98 Å². The molecule has 0 aliphatic heterocycles. The molecule has 2 rings (SSSR count). The van der Waals surface area contributed by atoms with Crippen LogP contribution in [0.25, 0.3) is 11.0 Å². The quantitative estimate of drug-likeness (QED) is 0.384. The summed E-state index contributed by atoms with van der Waals surface area (Å²) in [5, 5.41) is 48.0. The zero-order valence-corrected chi connectivity index (χ0v) is 10.7. The summed E-state index contributed by atoms with van der Waals surface area (Å²) in [7, 11) is 0. The van der Waals surface area contributed by atoms with E-state index in [0.717, 1.165) is 10.9 Å². The van der Waals surface area contributed by atoms with Crippen LogP contribution in [0.3, 0.4) is 0 Å². The number of aromatic nitrogens is 2. The Balaban J connectivity index is 2.09. The van der Waals surface area contributed by atoms with Crippen molar-refractivity contribution in [3.05, 3.63) is 30.1 Å². The molecule has 0 saturated carbocycles. The van der Waals surface area contributed by atoms with Gasteiger partial charge >= 0.3 is 0 Å². The molecule has 110 valence electrons. The molecule has 2 aromatic rings. The highest BCUT2D eigenvalue weighted by molar-refractivity contribution is 5.79. The zero-order chi connectivity index (χ0) is 14.7. The Kier molecular flexibility index (Phi) is 4.69. The Morgan fingerprint density at radius 3 is 2.50 bits per heavy atom. The number of rotatable bonds is 6. The van der Waals surface area contributed by atoms with Crippen molar-refractivity contribution in [3.8, 4) is 0 Å². The normalized spacial score (nSPS) is 17.9. The summed E-state index contributed by atoms with van der Waals surface area (Å²) >= 11 is 0. The van der Waals surface area contributed by atoms with E-state index in [1.54, 1.807) is 18.5 Å². The van der Waals surface area contributed by atoms with Gasteiger partial charge in [-0.3, -0.25) is 0 Å². The molecule has 0 spiro atoms. The van der Waals surface area contributed by atoms with E-state index in [1.165, 1.54) is 0 Å². The van der Waals surface area contributed by atoms with E-state index in [9.17, 15) is 20.4 Å². The number of aromatic amines is 1. The highest BCUT2D eigenvalue weighted by Gasteiger charge is 2.30. The van der Waals surface area contributed by atoms with Gasteiger partial charge in [-0.2, -0.15) is 0 Å². The van der Waals surface area contributed by atoms with Crippen LogP contribution in [0.5, 0.6) is 0 Å². The average molecular weight is 282 g/mol. The van der Waals surface area contributed by atoms with Gasteiger partial charge in [0.25, 0.3) is 0 Å². The fraction of sp³-hybridized carbons (Fsp3) is 0.462. The van der Waals surface area contributed by atoms with Gasteiger partial charge in [-0.05, 0) is 17.7 Å². The SMILES string of the molecule is OC[C@@H](O)[C@@H](O)[C@H](O)[C@H](O)Cc1c[nH]c2ncccc12. The average Bonchev–Trinajstić information content (AvgIpc) is 2.88. The van der Waals surface area contributed by atoms with Crippen molar-refractivity contribution in [2.75, 3.05) is 6.61 Å². The van der Waals surface area contributed by atoms with Crippen LogP contribution in [0.4, 0.5) is 0 Å². The Hall–Kier alpha value is -1.51. The number of nitrogens with one attached hydrogen (secondary N) is 1. The first-order valence-corrected chi connectivity index (χ1v) is 6.28. The molecule has 2 heterocycles. The first-order chi connectivity index (χ1) is 9.54. The van der Waals surface area contributed by atoms with Crippen molar-refractivity contribution in [1.29, 1.82) is 0 Å². The van der Waals surface area contributed by atoms with E-state index in [-0.39, 0.29) is 6.42 Å². The second-order valence-corrected chi connectivity index (χ2v) is 4.72.